The second kappa shape index (κ2) is 10.4. The van der Waals surface area contributed by atoms with Gasteiger partial charge in [-0.05, 0) is 81.2 Å². The molecular formula is C48H30N2. The molecule has 11 aromatic rings. The molecule has 0 aliphatic carbocycles. The van der Waals surface area contributed by atoms with Crippen molar-refractivity contribution in [3.8, 4) is 39.1 Å². The molecule has 0 unspecified atom stereocenters. The van der Waals surface area contributed by atoms with E-state index in [0.29, 0.717) is 0 Å². The summed E-state index contributed by atoms with van der Waals surface area (Å²) in [6.07, 6.45) is 0. The lowest BCUT2D eigenvalue weighted by atomic mass is 9.94. The molecule has 0 spiro atoms. The molecule has 0 aliphatic rings. The predicted octanol–water partition coefficient (Wildman–Crippen LogP) is 12.9. The van der Waals surface area contributed by atoms with Crippen LogP contribution in [0.5, 0.6) is 0 Å². The number of para-hydroxylation sites is 1. The van der Waals surface area contributed by atoms with Gasteiger partial charge in [0.2, 0.25) is 0 Å². The Labute approximate surface area is 289 Å². The summed E-state index contributed by atoms with van der Waals surface area (Å²) in [5.74, 6) is 0. The summed E-state index contributed by atoms with van der Waals surface area (Å²) in [4.78, 5) is 0. The van der Waals surface area contributed by atoms with E-state index in [1.54, 1.807) is 0 Å². The first kappa shape index (κ1) is 27.3. The van der Waals surface area contributed by atoms with Crippen LogP contribution in [0.2, 0.25) is 0 Å². The molecule has 0 radical (unpaired) electrons. The number of benzene rings is 8. The van der Waals surface area contributed by atoms with Crippen LogP contribution < -0.4 is 0 Å². The van der Waals surface area contributed by atoms with Crippen molar-refractivity contribution in [1.82, 2.24) is 8.97 Å². The van der Waals surface area contributed by atoms with Gasteiger partial charge in [0.1, 0.15) is 0 Å². The molecule has 50 heavy (non-hydrogen) atoms. The average molecular weight is 635 g/mol. The largest absolute Gasteiger partial charge is 0.309 e. The van der Waals surface area contributed by atoms with Crippen molar-refractivity contribution in [3.63, 3.8) is 0 Å². The second-order valence-corrected chi connectivity index (χ2v) is 13.3. The lowest BCUT2D eigenvalue weighted by Crippen LogP contribution is -1.95. The molecule has 0 fully saturated rings. The Bertz CT molecular complexity index is 3070. The standard InChI is InChI=1S/C48H30N2/c1-3-13-31(14-4-1)33-25-27-43-41(30-33)39-22-12-24-44-46(39)47-45(28-26-40-38-21-9-10-23-42(38)50(43)48(40)47)49(44)35-18-11-17-34(29-35)37-20-8-7-19-36(37)32-15-5-2-6-16-32/h1-30H. The molecule has 0 N–H and O–H groups in total. The van der Waals surface area contributed by atoms with Gasteiger partial charge in [-0.25, -0.2) is 0 Å². The zero-order chi connectivity index (χ0) is 32.8. The van der Waals surface area contributed by atoms with E-state index in [1.165, 1.54) is 93.3 Å². The summed E-state index contributed by atoms with van der Waals surface area (Å²) in [5, 5.41) is 7.69. The molecule has 0 bridgehead atoms. The van der Waals surface area contributed by atoms with Crippen LogP contribution in [0.1, 0.15) is 0 Å². The van der Waals surface area contributed by atoms with Crippen molar-refractivity contribution >= 4 is 59.9 Å². The normalized spacial score (nSPS) is 12.0. The van der Waals surface area contributed by atoms with Crippen LogP contribution in [-0.4, -0.2) is 8.97 Å². The molecule has 3 aromatic heterocycles. The fourth-order valence-electron chi connectivity index (χ4n) is 8.53. The molecule has 8 aromatic carbocycles. The van der Waals surface area contributed by atoms with Crippen molar-refractivity contribution < 1.29 is 0 Å². The zero-order valence-corrected chi connectivity index (χ0v) is 27.2. The van der Waals surface area contributed by atoms with Crippen molar-refractivity contribution in [2.45, 2.75) is 0 Å². The van der Waals surface area contributed by atoms with Gasteiger partial charge in [-0.1, -0.05) is 140 Å². The van der Waals surface area contributed by atoms with Gasteiger partial charge < -0.3 is 8.97 Å². The minimum Gasteiger partial charge on any atom is -0.309 e. The van der Waals surface area contributed by atoms with E-state index in [2.05, 4.69) is 191 Å². The maximum Gasteiger partial charge on any atom is 0.0641 e. The van der Waals surface area contributed by atoms with Crippen LogP contribution in [0, 0.1) is 0 Å². The predicted molar refractivity (Wildman–Crippen MR) is 212 cm³/mol. The lowest BCUT2D eigenvalue weighted by molar-refractivity contribution is 1.18. The summed E-state index contributed by atoms with van der Waals surface area (Å²) in [7, 11) is 0. The van der Waals surface area contributed by atoms with E-state index in [0.717, 1.165) is 5.69 Å². The van der Waals surface area contributed by atoms with E-state index in [1.807, 2.05) is 0 Å². The quantitative estimate of drug-likeness (QED) is 0.182. The van der Waals surface area contributed by atoms with Crippen LogP contribution in [0.25, 0.3) is 99.0 Å². The van der Waals surface area contributed by atoms with Crippen LogP contribution >= 0.6 is 0 Å². The Kier molecular flexibility index (Phi) is 5.70. The van der Waals surface area contributed by atoms with Crippen molar-refractivity contribution in [3.05, 3.63) is 182 Å². The highest BCUT2D eigenvalue weighted by Gasteiger charge is 2.23. The summed E-state index contributed by atoms with van der Waals surface area (Å²) in [6.45, 7) is 0. The minimum atomic E-state index is 1.16. The van der Waals surface area contributed by atoms with Gasteiger partial charge in [0.05, 0.1) is 27.6 Å². The van der Waals surface area contributed by atoms with Crippen LogP contribution in [-0.2, 0) is 0 Å². The number of fused-ring (bicyclic) bond motifs is 6. The average Bonchev–Trinajstić information content (AvgIpc) is 3.67. The third-order valence-electron chi connectivity index (χ3n) is 10.7. The van der Waals surface area contributed by atoms with Crippen LogP contribution in [0.4, 0.5) is 0 Å². The van der Waals surface area contributed by atoms with Crippen molar-refractivity contribution in [1.29, 1.82) is 0 Å². The van der Waals surface area contributed by atoms with E-state index in [4.69, 9.17) is 0 Å². The van der Waals surface area contributed by atoms with Gasteiger partial charge in [0.25, 0.3) is 0 Å². The molecule has 11 rings (SSSR count). The smallest absolute Gasteiger partial charge is 0.0641 e. The summed E-state index contributed by atoms with van der Waals surface area (Å²) in [6, 6.07) is 66.7. The maximum absolute atomic E-state index is 2.52. The van der Waals surface area contributed by atoms with E-state index >= 15 is 0 Å². The number of rotatable bonds is 4. The van der Waals surface area contributed by atoms with Crippen molar-refractivity contribution in [2.24, 2.45) is 0 Å². The van der Waals surface area contributed by atoms with E-state index in [-0.39, 0.29) is 0 Å². The number of nitrogens with zero attached hydrogens (tertiary/aromatic N) is 2. The highest BCUT2D eigenvalue weighted by Crippen LogP contribution is 2.46. The molecule has 0 amide bonds. The highest BCUT2D eigenvalue weighted by molar-refractivity contribution is 6.33. The van der Waals surface area contributed by atoms with Gasteiger partial charge in [-0.3, -0.25) is 0 Å². The van der Waals surface area contributed by atoms with Gasteiger partial charge in [0, 0.05) is 32.6 Å². The molecular weight excluding hydrogens is 605 g/mol. The zero-order valence-electron chi connectivity index (χ0n) is 27.2. The van der Waals surface area contributed by atoms with Gasteiger partial charge >= 0.3 is 0 Å². The first-order valence-electron chi connectivity index (χ1n) is 17.3. The van der Waals surface area contributed by atoms with Gasteiger partial charge in [-0.15, -0.1) is 0 Å². The topological polar surface area (TPSA) is 9.34 Å². The summed E-state index contributed by atoms with van der Waals surface area (Å²) in [5.41, 5.74) is 14.7. The van der Waals surface area contributed by atoms with Gasteiger partial charge in [-0.2, -0.15) is 0 Å². The highest BCUT2D eigenvalue weighted by atomic mass is 15.0. The molecule has 0 saturated heterocycles. The fraction of sp³-hybridized carbons (Fsp3) is 0. The number of hydrogen-bond donors (Lipinski definition) is 0. The van der Waals surface area contributed by atoms with E-state index < -0.39 is 0 Å². The Morgan fingerprint density at radius 2 is 0.900 bits per heavy atom. The molecule has 0 aliphatic heterocycles. The van der Waals surface area contributed by atoms with Crippen LogP contribution in [0.3, 0.4) is 0 Å². The Morgan fingerprint density at radius 3 is 1.74 bits per heavy atom. The Morgan fingerprint density at radius 1 is 0.300 bits per heavy atom. The molecule has 2 heteroatoms. The first-order valence-corrected chi connectivity index (χ1v) is 17.3. The lowest BCUT2D eigenvalue weighted by Gasteiger charge is -2.14. The van der Waals surface area contributed by atoms with E-state index in [9.17, 15) is 0 Å². The molecule has 3 heterocycles. The third-order valence-corrected chi connectivity index (χ3v) is 10.7. The Hall–Kier alpha value is -6.64. The van der Waals surface area contributed by atoms with Crippen LogP contribution in [0.15, 0.2) is 182 Å². The Balaban J connectivity index is 1.27. The molecule has 2 nitrogen and oxygen atoms in total. The monoisotopic (exact) mass is 634 g/mol. The maximum atomic E-state index is 2.52. The summed E-state index contributed by atoms with van der Waals surface area (Å²) >= 11 is 0. The fourth-order valence-corrected chi connectivity index (χ4v) is 8.53. The molecule has 0 atom stereocenters. The number of hydrogen-bond acceptors (Lipinski definition) is 0. The SMILES string of the molecule is c1ccc(-c2ccc3c(c2)c2cccc4c2c2c(ccc5c6ccccc6n3c52)n4-c2cccc(-c3ccccc3-c3ccccc3)c2)cc1. The second-order valence-electron chi connectivity index (χ2n) is 13.3. The summed E-state index contributed by atoms with van der Waals surface area (Å²) < 4.78 is 5.00. The van der Waals surface area contributed by atoms with Gasteiger partial charge in [0.15, 0.2) is 0 Å². The third kappa shape index (κ3) is 3.79. The first-order chi connectivity index (χ1) is 24.8. The minimum absolute atomic E-state index is 1.16. The molecule has 232 valence electrons. The molecule has 0 saturated carbocycles. The van der Waals surface area contributed by atoms with Crippen molar-refractivity contribution in [2.75, 3.05) is 0 Å². The number of aromatic nitrogens is 2.